The molecule has 1 rings (SSSR count). The summed E-state index contributed by atoms with van der Waals surface area (Å²) < 4.78 is 0.813. The number of H-pyrrole nitrogens is 1. The molecule has 0 aliphatic rings. The molecule has 0 aliphatic carbocycles. The van der Waals surface area contributed by atoms with Crippen molar-refractivity contribution in [3.63, 3.8) is 0 Å². The van der Waals surface area contributed by atoms with Gasteiger partial charge in [0.25, 0.3) is 5.56 Å². The smallest absolute Gasteiger partial charge is 0.329 e. The maximum absolute atomic E-state index is 11.6. The summed E-state index contributed by atoms with van der Waals surface area (Å²) in [4.78, 5) is 36.2. The second-order valence-corrected chi connectivity index (χ2v) is 3.00. The summed E-state index contributed by atoms with van der Waals surface area (Å²) in [6.07, 6.45) is 0. The van der Waals surface area contributed by atoms with E-state index in [4.69, 9.17) is 5.11 Å². The van der Waals surface area contributed by atoms with Crippen LogP contribution < -0.4 is 21.9 Å². The summed E-state index contributed by atoms with van der Waals surface area (Å²) in [6, 6.07) is 0. The average Bonchev–Trinajstić information content (AvgIpc) is 2.29. The fraction of sp³-hybridized carbons (Fsp3) is 0.375. The monoisotopic (exact) mass is 228 g/mol. The fourth-order valence-electron chi connectivity index (χ4n) is 1.10. The Morgan fingerprint density at radius 1 is 1.50 bits per heavy atom. The normalized spacial score (nSPS) is 9.94. The molecule has 0 saturated heterocycles. The van der Waals surface area contributed by atoms with E-state index >= 15 is 0 Å². The highest BCUT2D eigenvalue weighted by molar-refractivity contribution is 5.93. The van der Waals surface area contributed by atoms with Crippen molar-refractivity contribution in [1.82, 2.24) is 9.55 Å². The van der Waals surface area contributed by atoms with Gasteiger partial charge in [-0.3, -0.25) is 19.1 Å². The molecular formula is C8H12N4O4. The van der Waals surface area contributed by atoms with Gasteiger partial charge in [0.1, 0.15) is 18.1 Å². The van der Waals surface area contributed by atoms with Crippen LogP contribution in [0.5, 0.6) is 0 Å². The third-order valence-corrected chi connectivity index (χ3v) is 1.96. The van der Waals surface area contributed by atoms with Crippen LogP contribution in [0.3, 0.4) is 0 Å². The van der Waals surface area contributed by atoms with E-state index in [-0.39, 0.29) is 11.5 Å². The Hall–Kier alpha value is -2.09. The first-order chi connectivity index (χ1) is 7.51. The summed E-state index contributed by atoms with van der Waals surface area (Å²) in [5.74, 6) is -0.643. The van der Waals surface area contributed by atoms with Crippen molar-refractivity contribution in [2.75, 3.05) is 24.3 Å². The molecule has 0 atom stereocenters. The molecule has 0 fully saturated rings. The van der Waals surface area contributed by atoms with E-state index in [2.05, 4.69) is 15.6 Å². The van der Waals surface area contributed by atoms with Gasteiger partial charge >= 0.3 is 5.69 Å². The van der Waals surface area contributed by atoms with Crippen LogP contribution in [-0.2, 0) is 11.8 Å². The van der Waals surface area contributed by atoms with Gasteiger partial charge in [0.15, 0.2) is 0 Å². The zero-order valence-electron chi connectivity index (χ0n) is 8.83. The second kappa shape index (κ2) is 4.62. The zero-order chi connectivity index (χ0) is 12.3. The van der Waals surface area contributed by atoms with E-state index < -0.39 is 23.8 Å². The standard InChI is InChI=1S/C8H12N4O4/c1-9-6-5(10-4(14)3-13)7(15)12(2)8(16)11-6/h9,13H,3H2,1-2H3,(H,10,14)(H,11,16). The molecule has 0 saturated carbocycles. The first-order valence-corrected chi connectivity index (χ1v) is 4.43. The van der Waals surface area contributed by atoms with Gasteiger partial charge in [-0.05, 0) is 0 Å². The van der Waals surface area contributed by atoms with Crippen LogP contribution in [-0.4, -0.2) is 34.2 Å². The van der Waals surface area contributed by atoms with E-state index in [0.29, 0.717) is 0 Å². The number of anilines is 2. The highest BCUT2D eigenvalue weighted by Gasteiger charge is 2.13. The van der Waals surface area contributed by atoms with Crippen molar-refractivity contribution in [2.45, 2.75) is 0 Å². The first-order valence-electron chi connectivity index (χ1n) is 4.43. The number of hydrogen-bond acceptors (Lipinski definition) is 5. The number of rotatable bonds is 3. The lowest BCUT2D eigenvalue weighted by molar-refractivity contribution is -0.118. The van der Waals surface area contributed by atoms with Gasteiger partial charge in [-0.2, -0.15) is 0 Å². The lowest BCUT2D eigenvalue weighted by atomic mass is 10.4. The molecule has 0 radical (unpaired) electrons. The molecule has 0 aromatic carbocycles. The Morgan fingerprint density at radius 2 is 2.12 bits per heavy atom. The largest absolute Gasteiger partial charge is 0.387 e. The Bertz CT molecular complexity index is 516. The van der Waals surface area contributed by atoms with Crippen LogP contribution >= 0.6 is 0 Å². The maximum atomic E-state index is 11.6. The lowest BCUT2D eigenvalue weighted by Crippen LogP contribution is -2.36. The highest BCUT2D eigenvalue weighted by atomic mass is 16.3. The van der Waals surface area contributed by atoms with Gasteiger partial charge in [-0.15, -0.1) is 0 Å². The van der Waals surface area contributed by atoms with Crippen LogP contribution in [0, 0.1) is 0 Å². The summed E-state index contributed by atoms with van der Waals surface area (Å²) in [5, 5.41) is 13.3. The van der Waals surface area contributed by atoms with Crippen LogP contribution in [0.15, 0.2) is 9.59 Å². The van der Waals surface area contributed by atoms with Gasteiger partial charge in [-0.25, -0.2) is 4.79 Å². The van der Waals surface area contributed by atoms with Crippen molar-refractivity contribution in [1.29, 1.82) is 0 Å². The predicted octanol–water partition coefficient (Wildman–Crippen LogP) is -1.95. The SMILES string of the molecule is CNc1[nH]c(=O)n(C)c(=O)c1NC(=O)CO. The average molecular weight is 228 g/mol. The predicted molar refractivity (Wildman–Crippen MR) is 57.6 cm³/mol. The Kier molecular flexibility index (Phi) is 3.46. The molecule has 0 unspecified atom stereocenters. The number of carbonyl (C=O) groups is 1. The lowest BCUT2D eigenvalue weighted by Gasteiger charge is -2.09. The number of aliphatic hydroxyl groups excluding tert-OH is 1. The van der Waals surface area contributed by atoms with Crippen molar-refractivity contribution in [3.05, 3.63) is 20.8 Å². The Morgan fingerprint density at radius 3 is 2.62 bits per heavy atom. The van der Waals surface area contributed by atoms with Crippen LogP contribution in [0.25, 0.3) is 0 Å². The topological polar surface area (TPSA) is 116 Å². The summed E-state index contributed by atoms with van der Waals surface area (Å²) >= 11 is 0. The van der Waals surface area contributed by atoms with Crippen LogP contribution in [0.4, 0.5) is 11.5 Å². The van der Waals surface area contributed by atoms with E-state index in [1.165, 1.54) is 14.1 Å². The number of carbonyl (C=O) groups excluding carboxylic acids is 1. The molecule has 0 aliphatic heterocycles. The van der Waals surface area contributed by atoms with Gasteiger partial charge < -0.3 is 15.7 Å². The minimum atomic E-state index is -0.745. The van der Waals surface area contributed by atoms with Crippen LogP contribution in [0.1, 0.15) is 0 Å². The number of aromatic amines is 1. The molecule has 0 spiro atoms. The van der Waals surface area contributed by atoms with Crippen molar-refractivity contribution < 1.29 is 9.90 Å². The number of aliphatic hydroxyl groups is 1. The van der Waals surface area contributed by atoms with Gasteiger partial charge in [-0.1, -0.05) is 0 Å². The number of amides is 1. The molecule has 8 nitrogen and oxygen atoms in total. The molecule has 8 heteroatoms. The molecule has 1 heterocycles. The molecule has 1 aromatic rings. The van der Waals surface area contributed by atoms with Crippen molar-refractivity contribution in [3.8, 4) is 0 Å². The van der Waals surface area contributed by atoms with Gasteiger partial charge in [0, 0.05) is 14.1 Å². The third kappa shape index (κ3) is 2.11. The van der Waals surface area contributed by atoms with Crippen LogP contribution in [0.2, 0.25) is 0 Å². The summed E-state index contributed by atoms with van der Waals surface area (Å²) in [6.45, 7) is -0.745. The first kappa shape index (κ1) is 12.0. The van der Waals surface area contributed by atoms with E-state index in [9.17, 15) is 14.4 Å². The molecule has 1 amide bonds. The molecule has 1 aromatic heterocycles. The number of nitrogens with zero attached hydrogens (tertiary/aromatic N) is 1. The van der Waals surface area contributed by atoms with Gasteiger partial charge in [0.2, 0.25) is 5.91 Å². The minimum absolute atomic E-state index is 0.0925. The summed E-state index contributed by atoms with van der Waals surface area (Å²) in [5.41, 5.74) is -1.37. The van der Waals surface area contributed by atoms with E-state index in [1.54, 1.807) is 0 Å². The van der Waals surface area contributed by atoms with Gasteiger partial charge in [0.05, 0.1) is 0 Å². The molecular weight excluding hydrogens is 216 g/mol. The molecule has 0 bridgehead atoms. The molecule has 16 heavy (non-hydrogen) atoms. The highest BCUT2D eigenvalue weighted by Crippen LogP contribution is 2.09. The summed E-state index contributed by atoms with van der Waals surface area (Å²) in [7, 11) is 2.76. The number of aromatic nitrogens is 2. The number of hydrogen-bond donors (Lipinski definition) is 4. The molecule has 88 valence electrons. The fourth-order valence-corrected chi connectivity index (χ4v) is 1.10. The maximum Gasteiger partial charge on any atom is 0.329 e. The third-order valence-electron chi connectivity index (χ3n) is 1.96. The Balaban J connectivity index is 3.36. The van der Waals surface area contributed by atoms with E-state index in [1.807, 2.05) is 0 Å². The van der Waals surface area contributed by atoms with Crippen molar-refractivity contribution >= 4 is 17.4 Å². The minimum Gasteiger partial charge on any atom is -0.387 e. The second-order valence-electron chi connectivity index (χ2n) is 3.00. The molecule has 4 N–H and O–H groups in total. The van der Waals surface area contributed by atoms with E-state index in [0.717, 1.165) is 4.57 Å². The van der Waals surface area contributed by atoms with Crippen molar-refractivity contribution in [2.24, 2.45) is 7.05 Å². The quantitative estimate of drug-likeness (QED) is 0.479. The zero-order valence-corrected chi connectivity index (χ0v) is 8.83. The Labute approximate surface area is 89.9 Å². The number of nitrogens with one attached hydrogen (secondary N) is 3.